The van der Waals surface area contributed by atoms with Crippen LogP contribution in [-0.4, -0.2) is 4.57 Å². The van der Waals surface area contributed by atoms with Gasteiger partial charge in [-0.2, -0.15) is 4.57 Å². The van der Waals surface area contributed by atoms with Crippen molar-refractivity contribution in [3.63, 3.8) is 0 Å². The van der Waals surface area contributed by atoms with Crippen LogP contribution in [0.15, 0.2) is 127 Å². The summed E-state index contributed by atoms with van der Waals surface area (Å²) in [5.74, 6) is 1.18. The van der Waals surface area contributed by atoms with Gasteiger partial charge >= 0.3 is 0 Å². The molecule has 37 heavy (non-hydrogen) atoms. The number of fused-ring (bicyclic) bond motifs is 4. The molecule has 2 nitrogen and oxygen atoms in total. The first-order chi connectivity index (χ1) is 18.2. The lowest BCUT2D eigenvalue weighted by molar-refractivity contribution is -0.633. The lowest BCUT2D eigenvalue weighted by Crippen LogP contribution is -2.30. The fourth-order valence-corrected chi connectivity index (χ4v) is 5.78. The second-order valence-corrected chi connectivity index (χ2v) is 9.76. The molecule has 0 atom stereocenters. The van der Waals surface area contributed by atoms with E-state index in [0.717, 1.165) is 5.69 Å². The molecule has 0 spiro atoms. The van der Waals surface area contributed by atoms with E-state index in [1.54, 1.807) is 0 Å². The molecule has 176 valence electrons. The van der Waals surface area contributed by atoms with Gasteiger partial charge in [0.15, 0.2) is 11.0 Å². The van der Waals surface area contributed by atoms with Gasteiger partial charge in [-0.15, -0.1) is 0 Å². The highest BCUT2D eigenvalue weighted by molar-refractivity contribution is 6.12. The van der Waals surface area contributed by atoms with Crippen LogP contribution in [0.25, 0.3) is 60.8 Å². The zero-order chi connectivity index (χ0) is 24.9. The molecule has 7 aromatic rings. The van der Waals surface area contributed by atoms with Gasteiger partial charge in [0.2, 0.25) is 0 Å². The molecule has 6 aromatic carbocycles. The molecule has 0 aliphatic carbocycles. The third-order valence-electron chi connectivity index (χ3n) is 7.60. The minimum absolute atomic E-state index is 1.16. The summed E-state index contributed by atoms with van der Waals surface area (Å²) in [6.45, 7) is 2.21. The highest BCUT2D eigenvalue weighted by Crippen LogP contribution is 2.36. The number of hydrogen-bond acceptors (Lipinski definition) is 0. The minimum Gasteiger partial charge on any atom is -0.225 e. The number of rotatable bonds is 3. The van der Waals surface area contributed by atoms with Crippen LogP contribution >= 0.6 is 0 Å². The molecule has 0 unspecified atom stereocenters. The van der Waals surface area contributed by atoms with Crippen molar-refractivity contribution < 1.29 is 4.57 Å². The quantitative estimate of drug-likeness (QED) is 0.179. The van der Waals surface area contributed by atoms with Crippen molar-refractivity contribution >= 4 is 32.6 Å². The van der Waals surface area contributed by atoms with Crippen molar-refractivity contribution in [2.24, 2.45) is 7.05 Å². The van der Waals surface area contributed by atoms with Gasteiger partial charge in [-0.1, -0.05) is 97.1 Å². The van der Waals surface area contributed by atoms with Crippen LogP contribution in [0.4, 0.5) is 0 Å². The highest BCUT2D eigenvalue weighted by atomic mass is 15.2. The summed E-state index contributed by atoms with van der Waals surface area (Å²) in [4.78, 5) is 0. The molecule has 0 bridgehead atoms. The first kappa shape index (κ1) is 21.6. The lowest BCUT2D eigenvalue weighted by atomic mass is 9.93. The third-order valence-corrected chi connectivity index (χ3v) is 7.60. The van der Waals surface area contributed by atoms with Crippen molar-refractivity contribution in [2.75, 3.05) is 0 Å². The van der Waals surface area contributed by atoms with E-state index in [0.29, 0.717) is 0 Å². The van der Waals surface area contributed by atoms with Crippen molar-refractivity contribution in [1.29, 1.82) is 0 Å². The molecule has 0 fully saturated rings. The molecule has 2 heteroatoms. The molecule has 1 aromatic heterocycles. The van der Waals surface area contributed by atoms with Crippen molar-refractivity contribution in [2.45, 2.75) is 6.92 Å². The number of nitrogens with zero attached hydrogens (tertiary/aromatic N) is 2. The predicted octanol–water partition coefficient (Wildman–Crippen LogP) is 8.40. The number of aromatic nitrogens is 2. The maximum Gasteiger partial charge on any atom is 0.295 e. The Morgan fingerprint density at radius 1 is 0.568 bits per heavy atom. The van der Waals surface area contributed by atoms with E-state index in [2.05, 4.69) is 150 Å². The number of imidazole rings is 1. The van der Waals surface area contributed by atoms with E-state index in [9.17, 15) is 0 Å². The Balaban J connectivity index is 1.51. The lowest BCUT2D eigenvalue weighted by Gasteiger charge is -2.12. The summed E-state index contributed by atoms with van der Waals surface area (Å²) in [6.07, 6.45) is 0. The molecule has 0 N–H and O–H groups in total. The Hall–Kier alpha value is -4.69. The van der Waals surface area contributed by atoms with Gasteiger partial charge in [0.25, 0.3) is 5.82 Å². The second kappa shape index (κ2) is 8.46. The van der Waals surface area contributed by atoms with Crippen molar-refractivity contribution in [3.05, 3.63) is 133 Å². The van der Waals surface area contributed by atoms with Crippen LogP contribution < -0.4 is 4.57 Å². The predicted molar refractivity (Wildman–Crippen MR) is 155 cm³/mol. The van der Waals surface area contributed by atoms with Crippen molar-refractivity contribution in [1.82, 2.24) is 4.57 Å². The normalized spacial score (nSPS) is 11.5. The Kier molecular flexibility index (Phi) is 4.93. The molecule has 1 heterocycles. The maximum atomic E-state index is 2.39. The van der Waals surface area contributed by atoms with Crippen LogP contribution in [-0.2, 0) is 7.05 Å². The number of aryl methyl sites for hydroxylation is 2. The van der Waals surface area contributed by atoms with Crippen molar-refractivity contribution in [3.8, 4) is 28.2 Å². The summed E-state index contributed by atoms with van der Waals surface area (Å²) < 4.78 is 4.71. The van der Waals surface area contributed by atoms with E-state index in [1.807, 2.05) is 0 Å². The average Bonchev–Trinajstić information content (AvgIpc) is 3.25. The van der Waals surface area contributed by atoms with E-state index < -0.39 is 0 Å². The smallest absolute Gasteiger partial charge is 0.225 e. The van der Waals surface area contributed by atoms with E-state index in [4.69, 9.17) is 0 Å². The molecule has 0 saturated carbocycles. The molecule has 0 aliphatic heterocycles. The van der Waals surface area contributed by atoms with E-state index >= 15 is 0 Å². The van der Waals surface area contributed by atoms with E-state index in [1.165, 1.54) is 60.7 Å². The molecule has 0 radical (unpaired) electrons. The zero-order valence-corrected chi connectivity index (χ0v) is 21.0. The molecule has 7 rings (SSSR count). The highest BCUT2D eigenvalue weighted by Gasteiger charge is 2.27. The molecular formula is C35H27N2+. The summed E-state index contributed by atoms with van der Waals surface area (Å²) in [5, 5.41) is 5.14. The summed E-state index contributed by atoms with van der Waals surface area (Å²) in [6, 6.07) is 46.0. The summed E-state index contributed by atoms with van der Waals surface area (Å²) >= 11 is 0. The Morgan fingerprint density at radius 2 is 1.32 bits per heavy atom. The fourth-order valence-electron chi connectivity index (χ4n) is 5.78. The number of hydrogen-bond donors (Lipinski definition) is 0. The minimum atomic E-state index is 1.16. The monoisotopic (exact) mass is 475 g/mol. The topological polar surface area (TPSA) is 8.81 Å². The van der Waals surface area contributed by atoms with Crippen LogP contribution in [0.3, 0.4) is 0 Å². The first-order valence-electron chi connectivity index (χ1n) is 12.8. The van der Waals surface area contributed by atoms with Gasteiger partial charge in [-0.25, -0.2) is 4.57 Å². The Morgan fingerprint density at radius 3 is 2.22 bits per heavy atom. The van der Waals surface area contributed by atoms with Gasteiger partial charge in [0.05, 0.1) is 12.6 Å². The van der Waals surface area contributed by atoms with Gasteiger partial charge in [0.1, 0.15) is 5.69 Å². The maximum absolute atomic E-state index is 2.39. The van der Waals surface area contributed by atoms with Crippen LogP contribution in [0.2, 0.25) is 0 Å². The number of benzene rings is 6. The van der Waals surface area contributed by atoms with E-state index in [-0.39, 0.29) is 0 Å². The average molecular weight is 476 g/mol. The molecule has 0 saturated heterocycles. The third kappa shape index (κ3) is 3.37. The van der Waals surface area contributed by atoms with Gasteiger partial charge < -0.3 is 0 Å². The molecular weight excluding hydrogens is 448 g/mol. The molecule has 0 aliphatic rings. The van der Waals surface area contributed by atoms with Gasteiger partial charge in [-0.05, 0) is 75.5 Å². The van der Waals surface area contributed by atoms with Gasteiger partial charge in [0, 0.05) is 0 Å². The fraction of sp³-hybridized carbons (Fsp3) is 0.0571. The summed E-state index contributed by atoms with van der Waals surface area (Å²) in [7, 11) is 2.17. The number of para-hydroxylation sites is 3. The van der Waals surface area contributed by atoms with Crippen LogP contribution in [0, 0.1) is 6.92 Å². The largest absolute Gasteiger partial charge is 0.295 e. The van der Waals surface area contributed by atoms with Crippen LogP contribution in [0.1, 0.15) is 5.56 Å². The first-order valence-corrected chi connectivity index (χ1v) is 12.8. The Labute approximate surface area is 216 Å². The molecule has 0 amide bonds. The Bertz CT molecular complexity index is 1940. The van der Waals surface area contributed by atoms with Crippen LogP contribution in [0.5, 0.6) is 0 Å². The zero-order valence-electron chi connectivity index (χ0n) is 21.0. The second-order valence-electron chi connectivity index (χ2n) is 9.76. The SMILES string of the molecule is Cc1ccc(-c2cccc3c2ccc2ccccc23)cc1-c1n(-c2ccccc2)c2ccccc2[n+]1C. The standard InChI is InChI=1S/C35H27N2/c1-24-19-20-26(29-15-10-16-30-28-14-7-6-11-25(28)21-22-31(29)30)23-32(24)35-36(2)33-17-8-9-18-34(33)37(35)27-12-4-3-5-13-27/h3-23H,1-2H3/q+1. The van der Waals surface area contributed by atoms with Gasteiger partial charge in [-0.3, -0.25) is 0 Å². The summed E-state index contributed by atoms with van der Waals surface area (Å²) in [5.41, 5.74) is 8.55.